The summed E-state index contributed by atoms with van der Waals surface area (Å²) in [7, 11) is 4.32. The van der Waals surface area contributed by atoms with Crippen LogP contribution in [0.25, 0.3) is 0 Å². The van der Waals surface area contributed by atoms with Gasteiger partial charge >= 0.3 is 0 Å². The molecule has 1 amide bonds. The van der Waals surface area contributed by atoms with Gasteiger partial charge < -0.3 is 9.80 Å². The third-order valence-electron chi connectivity index (χ3n) is 6.93. The average molecular weight is 336 g/mol. The first-order valence-corrected chi connectivity index (χ1v) is 10.2. The van der Waals surface area contributed by atoms with Gasteiger partial charge in [0.2, 0.25) is 5.91 Å². The van der Waals surface area contributed by atoms with Crippen LogP contribution in [0.2, 0.25) is 0 Å². The molecular formula is C20H37N3O. The Morgan fingerprint density at radius 2 is 1.71 bits per heavy atom. The van der Waals surface area contributed by atoms with Crippen LogP contribution in [0.15, 0.2) is 0 Å². The van der Waals surface area contributed by atoms with E-state index in [0.717, 1.165) is 38.4 Å². The topological polar surface area (TPSA) is 26.8 Å². The maximum absolute atomic E-state index is 12.9. The molecule has 0 aromatic rings. The van der Waals surface area contributed by atoms with Crippen LogP contribution in [-0.4, -0.2) is 73.0 Å². The smallest absolute Gasteiger partial charge is 0.225 e. The predicted molar refractivity (Wildman–Crippen MR) is 99.0 cm³/mol. The van der Waals surface area contributed by atoms with Crippen LogP contribution in [0.5, 0.6) is 0 Å². The van der Waals surface area contributed by atoms with E-state index in [0.29, 0.717) is 17.4 Å². The lowest BCUT2D eigenvalue weighted by atomic mass is 9.81. The number of likely N-dealkylation sites (tertiary alicyclic amines) is 2. The molecule has 2 saturated heterocycles. The van der Waals surface area contributed by atoms with Gasteiger partial charge in [0.05, 0.1) is 0 Å². The number of piperidine rings is 1. The third-order valence-corrected chi connectivity index (χ3v) is 6.93. The molecule has 3 fully saturated rings. The molecule has 0 bridgehead atoms. The molecule has 1 saturated carbocycles. The minimum absolute atomic E-state index is 0.323. The number of carbonyl (C=O) groups excluding carboxylic acids is 1. The number of likely N-dealkylation sites (N-methyl/N-ethyl adjacent to an activating group) is 1. The summed E-state index contributed by atoms with van der Waals surface area (Å²) in [6.07, 6.45) is 9.78. The van der Waals surface area contributed by atoms with Crippen LogP contribution >= 0.6 is 0 Å². The summed E-state index contributed by atoms with van der Waals surface area (Å²) in [4.78, 5) is 20.1. The molecule has 0 N–H and O–H groups in total. The highest BCUT2D eigenvalue weighted by Crippen LogP contribution is 2.39. The van der Waals surface area contributed by atoms with Gasteiger partial charge in [-0.05, 0) is 77.9 Å². The fourth-order valence-corrected chi connectivity index (χ4v) is 5.14. The number of nitrogens with zero attached hydrogens (tertiary/aromatic N) is 3. The highest BCUT2D eigenvalue weighted by atomic mass is 16.2. The van der Waals surface area contributed by atoms with E-state index in [1.807, 2.05) is 0 Å². The van der Waals surface area contributed by atoms with Gasteiger partial charge in [-0.1, -0.05) is 6.92 Å². The highest BCUT2D eigenvalue weighted by Gasteiger charge is 2.44. The van der Waals surface area contributed by atoms with Crippen molar-refractivity contribution in [2.75, 3.05) is 46.8 Å². The van der Waals surface area contributed by atoms with E-state index >= 15 is 0 Å². The molecule has 4 heteroatoms. The quantitative estimate of drug-likeness (QED) is 0.790. The van der Waals surface area contributed by atoms with Crippen molar-refractivity contribution in [1.29, 1.82) is 0 Å². The van der Waals surface area contributed by atoms with E-state index in [1.165, 1.54) is 51.6 Å². The van der Waals surface area contributed by atoms with Crippen LogP contribution in [-0.2, 0) is 4.79 Å². The molecule has 1 spiro atoms. The van der Waals surface area contributed by atoms with Gasteiger partial charge in [-0.2, -0.15) is 0 Å². The van der Waals surface area contributed by atoms with Crippen LogP contribution < -0.4 is 0 Å². The summed E-state index contributed by atoms with van der Waals surface area (Å²) in [6.45, 7) is 7.88. The zero-order chi connectivity index (χ0) is 17.2. The average Bonchev–Trinajstić information content (AvgIpc) is 2.96. The Labute approximate surface area is 148 Å². The highest BCUT2D eigenvalue weighted by molar-refractivity contribution is 5.79. The zero-order valence-corrected chi connectivity index (χ0v) is 16.1. The lowest BCUT2D eigenvalue weighted by molar-refractivity contribution is -0.139. The molecule has 3 aliphatic rings. The van der Waals surface area contributed by atoms with Crippen molar-refractivity contribution in [3.8, 4) is 0 Å². The number of carbonyl (C=O) groups is 1. The molecule has 138 valence electrons. The van der Waals surface area contributed by atoms with Crippen LogP contribution in [0.3, 0.4) is 0 Å². The first kappa shape index (κ1) is 18.2. The number of rotatable bonds is 4. The fourth-order valence-electron chi connectivity index (χ4n) is 5.14. The van der Waals surface area contributed by atoms with Crippen molar-refractivity contribution in [1.82, 2.24) is 14.7 Å². The Balaban J connectivity index is 1.52. The summed E-state index contributed by atoms with van der Waals surface area (Å²) >= 11 is 0. The van der Waals surface area contributed by atoms with E-state index in [4.69, 9.17) is 0 Å². The second-order valence-corrected chi connectivity index (χ2v) is 8.90. The normalized spacial score (nSPS) is 31.1. The van der Waals surface area contributed by atoms with Crippen molar-refractivity contribution in [3.63, 3.8) is 0 Å². The minimum Gasteiger partial charge on any atom is -0.342 e. The molecule has 2 heterocycles. The van der Waals surface area contributed by atoms with E-state index in [2.05, 4.69) is 35.7 Å². The predicted octanol–water partition coefficient (Wildman–Crippen LogP) is 2.83. The van der Waals surface area contributed by atoms with Crippen LogP contribution in [0.1, 0.15) is 58.3 Å². The van der Waals surface area contributed by atoms with Crippen LogP contribution in [0, 0.1) is 11.8 Å². The molecular weight excluding hydrogens is 298 g/mol. The van der Waals surface area contributed by atoms with Gasteiger partial charge in [-0.15, -0.1) is 0 Å². The van der Waals surface area contributed by atoms with E-state index in [9.17, 15) is 4.79 Å². The summed E-state index contributed by atoms with van der Waals surface area (Å²) in [6, 6.07) is 0. The zero-order valence-electron chi connectivity index (χ0n) is 16.1. The van der Waals surface area contributed by atoms with Crippen molar-refractivity contribution in [2.45, 2.75) is 63.8 Å². The van der Waals surface area contributed by atoms with Crippen LogP contribution in [0.4, 0.5) is 0 Å². The molecule has 3 rings (SSSR count). The lowest BCUT2D eigenvalue weighted by Crippen LogP contribution is -2.55. The van der Waals surface area contributed by atoms with Gasteiger partial charge in [0, 0.05) is 37.6 Å². The summed E-state index contributed by atoms with van der Waals surface area (Å²) in [5.74, 6) is 1.61. The first-order valence-electron chi connectivity index (χ1n) is 10.2. The molecule has 4 nitrogen and oxygen atoms in total. The van der Waals surface area contributed by atoms with Gasteiger partial charge in [-0.25, -0.2) is 0 Å². The third kappa shape index (κ3) is 3.96. The lowest BCUT2D eigenvalue weighted by Gasteiger charge is -2.46. The van der Waals surface area contributed by atoms with E-state index < -0.39 is 0 Å². The molecule has 0 aromatic heterocycles. The fraction of sp³-hybridized carbons (Fsp3) is 0.950. The molecule has 2 aliphatic heterocycles. The Kier molecular flexibility index (Phi) is 5.86. The monoisotopic (exact) mass is 335 g/mol. The SMILES string of the molecule is CC1CCC(C(=O)N2CCC3(CCCN3CCN(C)C)CC2)CC1. The largest absolute Gasteiger partial charge is 0.342 e. The summed E-state index contributed by atoms with van der Waals surface area (Å²) < 4.78 is 0. The second kappa shape index (κ2) is 7.74. The summed E-state index contributed by atoms with van der Waals surface area (Å²) in [5.41, 5.74) is 0.397. The van der Waals surface area contributed by atoms with Gasteiger partial charge in [0.1, 0.15) is 0 Å². The molecule has 0 unspecified atom stereocenters. The molecule has 24 heavy (non-hydrogen) atoms. The van der Waals surface area contributed by atoms with Gasteiger partial charge in [-0.3, -0.25) is 9.69 Å². The Hall–Kier alpha value is -0.610. The standard InChI is InChI=1S/C20H37N3O/c1-17-5-7-18(8-6-17)19(24)22-13-10-20(11-14-22)9-4-12-23(20)16-15-21(2)3/h17-18H,4-16H2,1-3H3. The van der Waals surface area contributed by atoms with E-state index in [-0.39, 0.29) is 0 Å². The van der Waals surface area contributed by atoms with Gasteiger partial charge in [0.15, 0.2) is 0 Å². The molecule has 0 aromatic carbocycles. The minimum atomic E-state index is 0.323. The summed E-state index contributed by atoms with van der Waals surface area (Å²) in [5, 5.41) is 0. The maximum atomic E-state index is 12.9. The first-order chi connectivity index (χ1) is 11.5. The number of amides is 1. The molecule has 1 aliphatic carbocycles. The molecule has 0 radical (unpaired) electrons. The number of hydrogen-bond donors (Lipinski definition) is 0. The maximum Gasteiger partial charge on any atom is 0.225 e. The van der Waals surface area contributed by atoms with E-state index in [1.54, 1.807) is 0 Å². The van der Waals surface area contributed by atoms with Gasteiger partial charge in [0.25, 0.3) is 0 Å². The molecule has 0 atom stereocenters. The Bertz CT molecular complexity index is 421. The Morgan fingerprint density at radius 1 is 1.04 bits per heavy atom. The number of hydrogen-bond acceptors (Lipinski definition) is 3. The van der Waals surface area contributed by atoms with Crippen molar-refractivity contribution in [2.24, 2.45) is 11.8 Å². The van der Waals surface area contributed by atoms with Crippen molar-refractivity contribution < 1.29 is 4.79 Å². The van der Waals surface area contributed by atoms with Crippen molar-refractivity contribution in [3.05, 3.63) is 0 Å². The van der Waals surface area contributed by atoms with Crippen molar-refractivity contribution >= 4 is 5.91 Å². The Morgan fingerprint density at radius 3 is 2.33 bits per heavy atom. The second-order valence-electron chi connectivity index (χ2n) is 8.90.